The van der Waals surface area contributed by atoms with Crippen LogP contribution in [0.1, 0.15) is 40.0 Å². The molecule has 0 aromatic rings. The number of carboxylic acid groups (broad SMARTS) is 1. The monoisotopic (exact) mass is 324 g/mol. The number of carboxylic acids is 1. The van der Waals surface area contributed by atoms with Crippen LogP contribution in [0.4, 0.5) is 18.0 Å². The van der Waals surface area contributed by atoms with Crippen LogP contribution in [0.3, 0.4) is 0 Å². The number of halogens is 3. The Bertz CT molecular complexity index is 419. The van der Waals surface area contributed by atoms with E-state index in [2.05, 4.69) is 0 Å². The van der Waals surface area contributed by atoms with E-state index < -0.39 is 35.6 Å². The lowest BCUT2D eigenvalue weighted by Gasteiger charge is -2.34. The molecule has 0 spiro atoms. The summed E-state index contributed by atoms with van der Waals surface area (Å²) in [5, 5.41) is 11.0. The van der Waals surface area contributed by atoms with Crippen molar-refractivity contribution in [1.82, 2.24) is 10.2 Å². The molecule has 1 aliphatic heterocycles. The van der Waals surface area contributed by atoms with Gasteiger partial charge in [-0.05, 0) is 24.7 Å². The molecule has 22 heavy (non-hydrogen) atoms. The number of carbonyl (C=O) groups is 2. The number of urea groups is 1. The van der Waals surface area contributed by atoms with E-state index in [-0.39, 0.29) is 19.5 Å². The lowest BCUT2D eigenvalue weighted by molar-refractivity contribution is -0.160. The summed E-state index contributed by atoms with van der Waals surface area (Å²) in [5.41, 5.74) is -0.598. The first-order valence-electron chi connectivity index (χ1n) is 7.25. The normalized spacial score (nSPS) is 21.4. The van der Waals surface area contributed by atoms with Crippen molar-refractivity contribution < 1.29 is 27.9 Å². The van der Waals surface area contributed by atoms with Crippen LogP contribution < -0.4 is 5.32 Å². The molecule has 0 aromatic carbocycles. The minimum atomic E-state index is -4.54. The summed E-state index contributed by atoms with van der Waals surface area (Å²) < 4.78 is 39.2. The molecule has 2 amide bonds. The predicted molar refractivity (Wildman–Crippen MR) is 74.4 cm³/mol. The number of alkyl halides is 3. The zero-order valence-electron chi connectivity index (χ0n) is 13.0. The van der Waals surface area contributed by atoms with Crippen molar-refractivity contribution in [3.8, 4) is 0 Å². The van der Waals surface area contributed by atoms with Crippen molar-refractivity contribution in [2.45, 2.75) is 52.3 Å². The second-order valence-corrected chi connectivity index (χ2v) is 6.93. The fraction of sp³-hybridized carbons (Fsp3) is 0.857. The van der Waals surface area contributed by atoms with Crippen LogP contribution in [0.2, 0.25) is 0 Å². The van der Waals surface area contributed by atoms with Crippen molar-refractivity contribution in [3.63, 3.8) is 0 Å². The highest BCUT2D eigenvalue weighted by molar-refractivity contribution is 5.76. The van der Waals surface area contributed by atoms with Crippen LogP contribution in [0, 0.1) is 11.3 Å². The van der Waals surface area contributed by atoms with E-state index in [9.17, 15) is 22.8 Å². The molecule has 5 nitrogen and oxygen atoms in total. The van der Waals surface area contributed by atoms with Crippen LogP contribution >= 0.6 is 0 Å². The number of piperidine rings is 1. The van der Waals surface area contributed by atoms with Crippen molar-refractivity contribution in [2.75, 3.05) is 13.1 Å². The molecule has 2 atom stereocenters. The van der Waals surface area contributed by atoms with Crippen molar-refractivity contribution in [3.05, 3.63) is 0 Å². The van der Waals surface area contributed by atoms with Gasteiger partial charge in [-0.15, -0.1) is 0 Å². The third kappa shape index (κ3) is 5.73. The van der Waals surface area contributed by atoms with E-state index in [0.29, 0.717) is 12.8 Å². The summed E-state index contributed by atoms with van der Waals surface area (Å²) >= 11 is 0. The van der Waals surface area contributed by atoms with Crippen LogP contribution in [0.15, 0.2) is 0 Å². The summed E-state index contributed by atoms with van der Waals surface area (Å²) in [7, 11) is 0. The average Bonchev–Trinajstić information content (AvgIpc) is 2.35. The molecule has 1 rings (SSSR count). The fourth-order valence-corrected chi connectivity index (χ4v) is 2.46. The highest BCUT2D eigenvalue weighted by Crippen LogP contribution is 2.31. The van der Waals surface area contributed by atoms with Gasteiger partial charge in [-0.3, -0.25) is 4.79 Å². The molecule has 8 heteroatoms. The largest absolute Gasteiger partial charge is 0.481 e. The number of amides is 2. The molecule has 1 fully saturated rings. The number of nitrogens with one attached hydrogen (secondary N) is 1. The first kappa shape index (κ1) is 18.6. The van der Waals surface area contributed by atoms with Crippen molar-refractivity contribution >= 4 is 12.0 Å². The number of likely N-dealkylation sites (tertiary alicyclic amines) is 1. The minimum absolute atomic E-state index is 0.0543. The molecular formula is C14H23F3N2O3. The maximum atomic E-state index is 13.1. The van der Waals surface area contributed by atoms with Gasteiger partial charge in [0, 0.05) is 13.1 Å². The number of rotatable bonds is 3. The highest BCUT2D eigenvalue weighted by atomic mass is 19.4. The molecule has 1 saturated heterocycles. The lowest BCUT2D eigenvalue weighted by Crippen LogP contribution is -2.54. The molecular weight excluding hydrogens is 301 g/mol. The maximum absolute atomic E-state index is 13.1. The lowest BCUT2D eigenvalue weighted by atomic mass is 9.88. The third-order valence-corrected chi connectivity index (χ3v) is 3.57. The van der Waals surface area contributed by atoms with E-state index in [4.69, 9.17) is 5.11 Å². The summed E-state index contributed by atoms with van der Waals surface area (Å²) in [5.74, 6) is -1.74. The molecule has 0 radical (unpaired) electrons. The Hall–Kier alpha value is -1.47. The molecule has 0 bridgehead atoms. The van der Waals surface area contributed by atoms with Gasteiger partial charge < -0.3 is 15.3 Å². The topological polar surface area (TPSA) is 69.6 Å². The van der Waals surface area contributed by atoms with Crippen molar-refractivity contribution in [2.24, 2.45) is 11.3 Å². The van der Waals surface area contributed by atoms with Gasteiger partial charge in [-0.25, -0.2) is 4.79 Å². The molecule has 1 aliphatic rings. The Morgan fingerprint density at radius 1 is 1.32 bits per heavy atom. The van der Waals surface area contributed by atoms with Gasteiger partial charge in [0.1, 0.15) is 6.04 Å². The standard InChI is InChI=1S/C14H23F3N2O3/c1-13(2,3)7-10(14(15,16)17)18-12(22)19-6-4-5-9(8-19)11(20)21/h9-10H,4-8H2,1-3H3,(H,18,22)(H,20,21). The average molecular weight is 324 g/mol. The van der Waals surface area contributed by atoms with Gasteiger partial charge in [0.15, 0.2) is 0 Å². The van der Waals surface area contributed by atoms with Gasteiger partial charge in [-0.2, -0.15) is 13.2 Å². The summed E-state index contributed by atoms with van der Waals surface area (Å²) in [6.07, 6.45) is -3.87. The highest BCUT2D eigenvalue weighted by Gasteiger charge is 2.43. The summed E-state index contributed by atoms with van der Waals surface area (Å²) in [6, 6.07) is -2.79. The smallest absolute Gasteiger partial charge is 0.408 e. The number of carbonyl (C=O) groups excluding carboxylic acids is 1. The Balaban J connectivity index is 2.72. The SMILES string of the molecule is CC(C)(C)CC(NC(=O)N1CCCC(C(=O)O)C1)C(F)(F)F. The van der Waals surface area contributed by atoms with Gasteiger partial charge >= 0.3 is 18.2 Å². The zero-order valence-corrected chi connectivity index (χ0v) is 13.0. The molecule has 128 valence electrons. The van der Waals surface area contributed by atoms with Crippen LogP contribution in [0.25, 0.3) is 0 Å². The van der Waals surface area contributed by atoms with Crippen LogP contribution in [0.5, 0.6) is 0 Å². The molecule has 0 saturated carbocycles. The van der Waals surface area contributed by atoms with Gasteiger partial charge in [0.2, 0.25) is 0 Å². The fourth-order valence-electron chi connectivity index (χ4n) is 2.46. The van der Waals surface area contributed by atoms with Crippen LogP contribution in [-0.2, 0) is 4.79 Å². The number of nitrogens with zero attached hydrogens (tertiary/aromatic N) is 1. The van der Waals surface area contributed by atoms with E-state index in [1.165, 1.54) is 0 Å². The van der Waals surface area contributed by atoms with Gasteiger partial charge in [0.05, 0.1) is 5.92 Å². The predicted octanol–water partition coefficient (Wildman–Crippen LogP) is 2.86. The Kier molecular flexibility index (Phi) is 5.70. The molecule has 1 heterocycles. The van der Waals surface area contributed by atoms with E-state index >= 15 is 0 Å². The zero-order chi connectivity index (χ0) is 17.1. The molecule has 2 unspecified atom stereocenters. The second-order valence-electron chi connectivity index (χ2n) is 6.93. The van der Waals surface area contributed by atoms with E-state index in [1.807, 2.05) is 5.32 Å². The Morgan fingerprint density at radius 2 is 1.91 bits per heavy atom. The Labute approximate surface area is 127 Å². The molecule has 0 aromatic heterocycles. The molecule has 0 aliphatic carbocycles. The first-order valence-corrected chi connectivity index (χ1v) is 7.25. The maximum Gasteiger partial charge on any atom is 0.408 e. The van der Waals surface area contributed by atoms with Crippen molar-refractivity contribution in [1.29, 1.82) is 0 Å². The molecule has 2 N–H and O–H groups in total. The minimum Gasteiger partial charge on any atom is -0.481 e. The number of hydrogen-bond donors (Lipinski definition) is 2. The van der Waals surface area contributed by atoms with Crippen LogP contribution in [-0.4, -0.2) is 47.3 Å². The van der Waals surface area contributed by atoms with E-state index in [0.717, 1.165) is 4.90 Å². The summed E-state index contributed by atoms with van der Waals surface area (Å²) in [6.45, 7) is 5.22. The number of aliphatic carboxylic acids is 1. The summed E-state index contributed by atoms with van der Waals surface area (Å²) in [4.78, 5) is 24.1. The quantitative estimate of drug-likeness (QED) is 0.839. The Morgan fingerprint density at radius 3 is 2.36 bits per heavy atom. The third-order valence-electron chi connectivity index (χ3n) is 3.57. The second kappa shape index (κ2) is 6.75. The van der Waals surface area contributed by atoms with Gasteiger partial charge in [-0.1, -0.05) is 20.8 Å². The van der Waals surface area contributed by atoms with Gasteiger partial charge in [0.25, 0.3) is 0 Å². The number of hydrogen-bond acceptors (Lipinski definition) is 2. The first-order chi connectivity index (χ1) is 9.90. The van der Waals surface area contributed by atoms with E-state index in [1.54, 1.807) is 20.8 Å².